The van der Waals surface area contributed by atoms with Crippen molar-refractivity contribution in [3.05, 3.63) is 35.6 Å². The SMILES string of the molecule is CCOCCC(CBr)(CBr)c1ccccc1F. The van der Waals surface area contributed by atoms with Crippen LogP contribution in [0.1, 0.15) is 18.9 Å². The van der Waals surface area contributed by atoms with E-state index >= 15 is 0 Å². The summed E-state index contributed by atoms with van der Waals surface area (Å²) in [7, 11) is 0. The molecule has 0 radical (unpaired) electrons. The van der Waals surface area contributed by atoms with Crippen LogP contribution in [-0.4, -0.2) is 23.9 Å². The maximum absolute atomic E-state index is 13.9. The maximum atomic E-state index is 13.9. The van der Waals surface area contributed by atoms with Gasteiger partial charge in [-0.3, -0.25) is 0 Å². The van der Waals surface area contributed by atoms with Gasteiger partial charge in [-0.1, -0.05) is 50.1 Å². The average molecular weight is 368 g/mol. The molecule has 0 atom stereocenters. The Morgan fingerprint density at radius 1 is 1.24 bits per heavy atom. The molecular formula is C13H17Br2FO. The number of hydrogen-bond acceptors (Lipinski definition) is 1. The van der Waals surface area contributed by atoms with E-state index in [0.29, 0.717) is 23.9 Å². The molecule has 17 heavy (non-hydrogen) atoms. The largest absolute Gasteiger partial charge is 0.382 e. The lowest BCUT2D eigenvalue weighted by atomic mass is 9.81. The van der Waals surface area contributed by atoms with Crippen LogP contribution in [0.2, 0.25) is 0 Å². The van der Waals surface area contributed by atoms with Crippen LogP contribution < -0.4 is 0 Å². The highest BCUT2D eigenvalue weighted by Gasteiger charge is 2.32. The first kappa shape index (κ1) is 15.1. The van der Waals surface area contributed by atoms with E-state index in [1.165, 1.54) is 6.07 Å². The molecule has 0 spiro atoms. The van der Waals surface area contributed by atoms with Crippen molar-refractivity contribution in [2.45, 2.75) is 18.8 Å². The Balaban J connectivity index is 2.94. The van der Waals surface area contributed by atoms with Gasteiger partial charge >= 0.3 is 0 Å². The first-order chi connectivity index (χ1) is 8.20. The third-order valence-corrected chi connectivity index (χ3v) is 5.03. The molecule has 1 nitrogen and oxygen atoms in total. The molecule has 0 saturated carbocycles. The fourth-order valence-electron chi connectivity index (χ4n) is 1.75. The Labute approximate surface area is 119 Å². The quantitative estimate of drug-likeness (QED) is 0.516. The van der Waals surface area contributed by atoms with Crippen molar-refractivity contribution >= 4 is 31.9 Å². The summed E-state index contributed by atoms with van der Waals surface area (Å²) >= 11 is 7.01. The predicted octanol–water partition coefficient (Wildman–Crippen LogP) is 4.28. The lowest BCUT2D eigenvalue weighted by Gasteiger charge is -2.31. The number of rotatable bonds is 7. The standard InChI is InChI=1S/C13H17Br2FO/c1-2-17-8-7-13(9-14,10-15)11-5-3-4-6-12(11)16/h3-6H,2,7-10H2,1H3. The summed E-state index contributed by atoms with van der Waals surface area (Å²) in [4.78, 5) is 0. The van der Waals surface area contributed by atoms with E-state index in [0.717, 1.165) is 12.0 Å². The van der Waals surface area contributed by atoms with Crippen molar-refractivity contribution in [3.63, 3.8) is 0 Å². The van der Waals surface area contributed by atoms with Gasteiger partial charge in [-0.15, -0.1) is 0 Å². The molecule has 4 heteroatoms. The highest BCUT2D eigenvalue weighted by atomic mass is 79.9. The molecule has 0 unspecified atom stereocenters. The van der Waals surface area contributed by atoms with Gasteiger partial charge in [0.2, 0.25) is 0 Å². The van der Waals surface area contributed by atoms with E-state index in [-0.39, 0.29) is 11.2 Å². The molecule has 1 rings (SSSR count). The van der Waals surface area contributed by atoms with Gasteiger partial charge in [0.1, 0.15) is 5.82 Å². The van der Waals surface area contributed by atoms with Gasteiger partial charge in [0.15, 0.2) is 0 Å². The topological polar surface area (TPSA) is 9.23 Å². The van der Waals surface area contributed by atoms with Crippen molar-refractivity contribution in [1.82, 2.24) is 0 Å². The molecule has 1 aromatic carbocycles. The third kappa shape index (κ3) is 3.76. The molecule has 0 fully saturated rings. The predicted molar refractivity (Wildman–Crippen MR) is 76.8 cm³/mol. The van der Waals surface area contributed by atoms with Crippen LogP contribution in [-0.2, 0) is 10.2 Å². The van der Waals surface area contributed by atoms with Crippen molar-refractivity contribution in [1.29, 1.82) is 0 Å². The normalized spacial score (nSPS) is 11.8. The van der Waals surface area contributed by atoms with Crippen LogP contribution >= 0.6 is 31.9 Å². The summed E-state index contributed by atoms with van der Waals surface area (Å²) in [6, 6.07) is 6.95. The minimum atomic E-state index is -0.249. The van der Waals surface area contributed by atoms with E-state index in [2.05, 4.69) is 31.9 Å². The second-order valence-corrected chi connectivity index (χ2v) is 5.10. The number of benzene rings is 1. The summed E-state index contributed by atoms with van der Waals surface area (Å²) in [5.41, 5.74) is 0.494. The Morgan fingerprint density at radius 3 is 2.41 bits per heavy atom. The monoisotopic (exact) mass is 366 g/mol. The second kappa shape index (κ2) is 7.49. The number of ether oxygens (including phenoxy) is 1. The highest BCUT2D eigenvalue weighted by molar-refractivity contribution is 9.09. The first-order valence-corrected chi connectivity index (χ1v) is 7.89. The molecular weight excluding hydrogens is 351 g/mol. The van der Waals surface area contributed by atoms with Crippen LogP contribution in [0.4, 0.5) is 4.39 Å². The summed E-state index contributed by atoms with van der Waals surface area (Å²) in [6.45, 7) is 3.30. The molecule has 0 heterocycles. The smallest absolute Gasteiger partial charge is 0.127 e. The summed E-state index contributed by atoms with van der Waals surface area (Å²) in [5.74, 6) is -0.150. The van der Waals surface area contributed by atoms with E-state index in [1.54, 1.807) is 6.07 Å². The van der Waals surface area contributed by atoms with E-state index in [4.69, 9.17) is 4.74 Å². The van der Waals surface area contributed by atoms with Crippen LogP contribution in [0, 0.1) is 5.82 Å². The average Bonchev–Trinajstić information content (AvgIpc) is 2.36. The third-order valence-electron chi connectivity index (χ3n) is 2.89. The van der Waals surface area contributed by atoms with Gasteiger partial charge in [0.05, 0.1) is 0 Å². The van der Waals surface area contributed by atoms with Crippen molar-refractivity contribution < 1.29 is 9.13 Å². The first-order valence-electron chi connectivity index (χ1n) is 5.65. The molecule has 0 aromatic heterocycles. The molecule has 96 valence electrons. The van der Waals surface area contributed by atoms with E-state index < -0.39 is 0 Å². The Bertz CT molecular complexity index is 340. The van der Waals surface area contributed by atoms with Crippen LogP contribution in [0.3, 0.4) is 0 Å². The molecule has 0 aliphatic carbocycles. The summed E-state index contributed by atoms with van der Waals surface area (Å²) < 4.78 is 19.3. The fourth-order valence-corrected chi connectivity index (χ4v) is 3.84. The van der Waals surface area contributed by atoms with Gasteiger partial charge in [-0.25, -0.2) is 4.39 Å². The molecule has 0 saturated heterocycles. The Morgan fingerprint density at radius 2 is 1.88 bits per heavy atom. The Hall–Kier alpha value is 0.0700. The molecule has 1 aromatic rings. The van der Waals surface area contributed by atoms with Crippen molar-refractivity contribution in [3.8, 4) is 0 Å². The molecule has 0 aliphatic heterocycles. The van der Waals surface area contributed by atoms with E-state index in [9.17, 15) is 4.39 Å². The van der Waals surface area contributed by atoms with Gasteiger partial charge in [0.25, 0.3) is 0 Å². The molecule has 0 N–H and O–H groups in total. The zero-order valence-corrected chi connectivity index (χ0v) is 13.1. The summed E-state index contributed by atoms with van der Waals surface area (Å²) in [6.07, 6.45) is 0.790. The Kier molecular flexibility index (Phi) is 6.67. The second-order valence-electron chi connectivity index (χ2n) is 3.97. The van der Waals surface area contributed by atoms with Gasteiger partial charge in [-0.2, -0.15) is 0 Å². The number of hydrogen-bond donors (Lipinski definition) is 0. The summed E-state index contributed by atoms with van der Waals surface area (Å²) in [5, 5.41) is 1.42. The minimum absolute atomic E-state index is 0.150. The fraction of sp³-hybridized carbons (Fsp3) is 0.538. The van der Waals surface area contributed by atoms with Crippen molar-refractivity contribution in [2.75, 3.05) is 23.9 Å². The van der Waals surface area contributed by atoms with Gasteiger partial charge in [-0.05, 0) is 25.0 Å². The molecule has 0 aliphatic rings. The highest BCUT2D eigenvalue weighted by Crippen LogP contribution is 2.34. The molecule has 0 bridgehead atoms. The number of halogens is 3. The maximum Gasteiger partial charge on any atom is 0.127 e. The van der Waals surface area contributed by atoms with Gasteiger partial charge in [0, 0.05) is 29.3 Å². The lowest BCUT2D eigenvalue weighted by molar-refractivity contribution is 0.131. The lowest BCUT2D eigenvalue weighted by Crippen LogP contribution is -2.33. The zero-order chi connectivity index (χ0) is 12.7. The van der Waals surface area contributed by atoms with Gasteiger partial charge < -0.3 is 4.74 Å². The van der Waals surface area contributed by atoms with E-state index in [1.807, 2.05) is 19.1 Å². The zero-order valence-electron chi connectivity index (χ0n) is 9.89. The molecule has 0 amide bonds. The van der Waals surface area contributed by atoms with Crippen LogP contribution in [0.15, 0.2) is 24.3 Å². The minimum Gasteiger partial charge on any atom is -0.382 e. The number of alkyl halides is 2. The van der Waals surface area contributed by atoms with Crippen LogP contribution in [0.5, 0.6) is 0 Å². The van der Waals surface area contributed by atoms with Crippen molar-refractivity contribution in [2.24, 2.45) is 0 Å². The van der Waals surface area contributed by atoms with Crippen LogP contribution in [0.25, 0.3) is 0 Å².